The van der Waals surface area contributed by atoms with Crippen LogP contribution in [0.3, 0.4) is 0 Å². The lowest BCUT2D eigenvalue weighted by molar-refractivity contribution is 0.305. The lowest BCUT2D eigenvalue weighted by atomic mass is 10.0. The molecule has 8 bridgehead atoms. The summed E-state index contributed by atoms with van der Waals surface area (Å²) in [5.41, 5.74) is 17.3. The summed E-state index contributed by atoms with van der Waals surface area (Å²) in [6, 6.07) is 48.8. The van der Waals surface area contributed by atoms with Gasteiger partial charge in [-0.15, -0.1) is 0 Å². The highest BCUT2D eigenvalue weighted by Gasteiger charge is 2.19. The van der Waals surface area contributed by atoms with Crippen LogP contribution in [0, 0.1) is 0 Å². The maximum atomic E-state index is 6.24. The number of H-pyrrole nitrogens is 2. The molecule has 3 aromatic heterocycles. The molecule has 2 aliphatic heterocycles. The van der Waals surface area contributed by atoms with Crippen molar-refractivity contribution in [2.24, 2.45) is 0 Å². The minimum Gasteiger partial charge on any atom is -0.494 e. The summed E-state index contributed by atoms with van der Waals surface area (Å²) in [6.07, 6.45) is 16.7. The number of unbranched alkanes of at least 4 members (excludes halogenated alkanes) is 4. The van der Waals surface area contributed by atoms with E-state index >= 15 is 0 Å². The average Bonchev–Trinajstić information content (AvgIpc) is 4.12. The third kappa shape index (κ3) is 8.23. The van der Waals surface area contributed by atoms with Gasteiger partial charge in [0, 0.05) is 44.3 Å². The number of nitrogens with zero attached hydrogens (tertiary/aromatic N) is 2. The SMILES string of the molecule is CC(C)=CCCCCCCOc1ccc(-c2c3nc(c(-c4ccccc4)c4ccc([nH]4)c(-c4ccccc4)c4nc(c(-c5ccccc5)c5ccc2[nH]5)C=C4)C=C3)cc1. The Hall–Kier alpha value is -6.98. The highest BCUT2D eigenvalue weighted by Crippen LogP contribution is 2.38. The van der Waals surface area contributed by atoms with Crippen LogP contribution in [0.5, 0.6) is 5.75 Å². The van der Waals surface area contributed by atoms with Crippen LogP contribution in [0.25, 0.3) is 90.9 Å². The summed E-state index contributed by atoms with van der Waals surface area (Å²) in [4.78, 5) is 18.5. The molecule has 0 fully saturated rings. The molecule has 9 rings (SSSR count). The Labute approximate surface area is 346 Å². The summed E-state index contributed by atoms with van der Waals surface area (Å²) in [5, 5.41) is 0. The van der Waals surface area contributed by atoms with E-state index in [-0.39, 0.29) is 0 Å². The quantitative estimate of drug-likeness (QED) is 0.0961. The Morgan fingerprint density at radius 1 is 0.441 bits per heavy atom. The number of aromatic nitrogens is 4. The van der Waals surface area contributed by atoms with Crippen LogP contribution in [0.1, 0.15) is 68.7 Å². The molecule has 0 atom stereocenters. The van der Waals surface area contributed by atoms with Crippen LogP contribution >= 0.6 is 0 Å². The lowest BCUT2D eigenvalue weighted by Crippen LogP contribution is -1.97. The molecule has 0 unspecified atom stereocenters. The van der Waals surface area contributed by atoms with Gasteiger partial charge in [-0.25, -0.2) is 9.97 Å². The summed E-state index contributed by atoms with van der Waals surface area (Å²) in [6.45, 7) is 5.05. The van der Waals surface area contributed by atoms with Crippen molar-refractivity contribution in [3.8, 4) is 50.3 Å². The fourth-order valence-electron chi connectivity index (χ4n) is 8.13. The monoisotopic (exact) mass is 768 g/mol. The molecule has 0 amide bonds. The smallest absolute Gasteiger partial charge is 0.119 e. The highest BCUT2D eigenvalue weighted by molar-refractivity contribution is 5.99. The fourth-order valence-corrected chi connectivity index (χ4v) is 8.13. The van der Waals surface area contributed by atoms with Gasteiger partial charge in [0.1, 0.15) is 5.75 Å². The van der Waals surface area contributed by atoms with E-state index < -0.39 is 0 Å². The number of fused-ring (bicyclic) bond motifs is 8. The molecule has 59 heavy (non-hydrogen) atoms. The van der Waals surface area contributed by atoms with Gasteiger partial charge in [-0.05, 0) is 116 Å². The van der Waals surface area contributed by atoms with E-state index in [0.717, 1.165) is 108 Å². The van der Waals surface area contributed by atoms with E-state index in [9.17, 15) is 0 Å². The van der Waals surface area contributed by atoms with Crippen LogP contribution in [-0.4, -0.2) is 26.5 Å². The van der Waals surface area contributed by atoms with Crippen LogP contribution < -0.4 is 4.74 Å². The second-order valence-corrected chi connectivity index (χ2v) is 15.5. The number of hydrogen-bond donors (Lipinski definition) is 2. The van der Waals surface area contributed by atoms with Crippen molar-refractivity contribution in [2.75, 3.05) is 6.61 Å². The number of nitrogens with one attached hydrogen (secondary N) is 2. The van der Waals surface area contributed by atoms with Crippen LogP contribution in [0.4, 0.5) is 0 Å². The zero-order valence-corrected chi connectivity index (χ0v) is 33.7. The number of aromatic amines is 2. The summed E-state index contributed by atoms with van der Waals surface area (Å²) < 4.78 is 6.24. The van der Waals surface area contributed by atoms with Gasteiger partial charge in [-0.3, -0.25) is 0 Å². The number of rotatable bonds is 12. The summed E-state index contributed by atoms with van der Waals surface area (Å²) >= 11 is 0. The van der Waals surface area contributed by atoms with Crippen LogP contribution in [0.2, 0.25) is 0 Å². The van der Waals surface area contributed by atoms with Gasteiger partial charge in [0.05, 0.1) is 29.4 Å². The normalized spacial score (nSPS) is 11.8. The van der Waals surface area contributed by atoms with E-state index in [1.807, 2.05) is 0 Å². The number of ether oxygens (including phenoxy) is 1. The molecule has 0 spiro atoms. The van der Waals surface area contributed by atoms with Crippen molar-refractivity contribution in [1.82, 2.24) is 19.9 Å². The topological polar surface area (TPSA) is 66.6 Å². The summed E-state index contributed by atoms with van der Waals surface area (Å²) in [5.74, 6) is 0.877. The molecule has 0 radical (unpaired) electrons. The molecule has 0 saturated heterocycles. The van der Waals surface area contributed by atoms with Crippen molar-refractivity contribution in [1.29, 1.82) is 0 Å². The summed E-state index contributed by atoms with van der Waals surface area (Å²) in [7, 11) is 0. The number of allylic oxidation sites excluding steroid dienone is 2. The third-order valence-corrected chi connectivity index (χ3v) is 11.0. The van der Waals surface area contributed by atoms with Crippen molar-refractivity contribution in [3.63, 3.8) is 0 Å². The molecule has 0 saturated carbocycles. The number of hydrogen-bond acceptors (Lipinski definition) is 3. The van der Waals surface area contributed by atoms with Gasteiger partial charge in [-0.2, -0.15) is 0 Å². The van der Waals surface area contributed by atoms with Crippen molar-refractivity contribution < 1.29 is 4.74 Å². The molecule has 2 N–H and O–H groups in total. The minimum absolute atomic E-state index is 0.713. The zero-order chi connectivity index (χ0) is 40.0. The average molecular weight is 769 g/mol. The fraction of sp³-hybridized carbons (Fsp3) is 0.148. The molecular formula is C54H48N4O. The van der Waals surface area contributed by atoms with E-state index in [4.69, 9.17) is 14.7 Å². The predicted octanol–water partition coefficient (Wildman–Crippen LogP) is 14.6. The highest BCUT2D eigenvalue weighted by atomic mass is 16.5. The van der Waals surface area contributed by atoms with E-state index in [1.165, 1.54) is 24.8 Å². The standard InChI is InChI=1S/C54H48N4O/c1-37(2)17-9-4-3-5-16-36-59-42-26-24-41(25-27-42)54-49-34-32-47(57-49)52(39-20-12-7-13-21-39)45-30-28-43(55-45)51(38-18-10-6-11-19-38)44-29-31-46(56-44)53(40-22-14-8-15-23-40)48-33-35-50(54)58-48/h6-8,10-15,17-35,55,58H,3-5,9,16,36H2,1-2H3. The maximum Gasteiger partial charge on any atom is 0.119 e. The molecule has 5 heterocycles. The molecule has 2 aliphatic rings. The molecule has 7 aromatic rings. The Bertz CT molecular complexity index is 2800. The van der Waals surface area contributed by atoms with Crippen molar-refractivity contribution >= 4 is 46.4 Å². The second kappa shape index (κ2) is 17.3. The van der Waals surface area contributed by atoms with Crippen LogP contribution in [-0.2, 0) is 0 Å². The molecule has 5 nitrogen and oxygen atoms in total. The van der Waals surface area contributed by atoms with Crippen molar-refractivity contribution in [3.05, 3.63) is 174 Å². The van der Waals surface area contributed by atoms with Crippen LogP contribution in [0.15, 0.2) is 151 Å². The maximum absolute atomic E-state index is 6.24. The van der Waals surface area contributed by atoms with Gasteiger partial charge in [-0.1, -0.05) is 128 Å². The first-order chi connectivity index (χ1) is 29.1. The van der Waals surface area contributed by atoms with Gasteiger partial charge in [0.25, 0.3) is 0 Å². The van der Waals surface area contributed by atoms with Crippen molar-refractivity contribution in [2.45, 2.75) is 46.0 Å². The Kier molecular flexibility index (Phi) is 11.0. The largest absolute Gasteiger partial charge is 0.494 e. The molecule has 5 heteroatoms. The zero-order valence-electron chi connectivity index (χ0n) is 33.7. The lowest BCUT2D eigenvalue weighted by Gasteiger charge is -2.09. The first-order valence-corrected chi connectivity index (χ1v) is 20.8. The Morgan fingerprint density at radius 3 is 1.20 bits per heavy atom. The molecule has 290 valence electrons. The predicted molar refractivity (Wildman–Crippen MR) is 249 cm³/mol. The molecule has 0 aliphatic carbocycles. The molecular weight excluding hydrogens is 721 g/mol. The van der Waals surface area contributed by atoms with Gasteiger partial charge in [0.15, 0.2) is 0 Å². The van der Waals surface area contributed by atoms with Gasteiger partial charge < -0.3 is 14.7 Å². The van der Waals surface area contributed by atoms with E-state index in [1.54, 1.807) is 0 Å². The first-order valence-electron chi connectivity index (χ1n) is 20.8. The second-order valence-electron chi connectivity index (χ2n) is 15.5. The van der Waals surface area contributed by atoms with Gasteiger partial charge in [0.2, 0.25) is 0 Å². The Morgan fingerprint density at radius 2 is 0.814 bits per heavy atom. The minimum atomic E-state index is 0.713. The third-order valence-electron chi connectivity index (χ3n) is 11.0. The van der Waals surface area contributed by atoms with Gasteiger partial charge >= 0.3 is 0 Å². The van der Waals surface area contributed by atoms with E-state index in [0.29, 0.717) is 6.61 Å². The Balaban J connectivity index is 1.23. The first kappa shape index (κ1) is 37.6. The number of benzene rings is 4. The molecule has 4 aromatic carbocycles. The van der Waals surface area contributed by atoms with E-state index in [2.05, 4.69) is 194 Å².